The van der Waals surface area contributed by atoms with Crippen molar-refractivity contribution >= 4 is 21.9 Å². The Morgan fingerprint density at radius 1 is 1.10 bits per heavy atom. The minimum atomic E-state index is -0.897. The molecular formula is C25H26N2O4. The summed E-state index contributed by atoms with van der Waals surface area (Å²) in [5.41, 5.74) is 1.69. The second-order valence-corrected chi connectivity index (χ2v) is 8.24. The highest BCUT2D eigenvalue weighted by molar-refractivity contribution is 5.83. The molecule has 5 rings (SSSR count). The van der Waals surface area contributed by atoms with E-state index in [0.717, 1.165) is 40.5 Å². The summed E-state index contributed by atoms with van der Waals surface area (Å²) < 4.78 is 11.1. The molecule has 0 aliphatic carbocycles. The number of ether oxygens (including phenoxy) is 1. The number of aliphatic hydroxyl groups is 2. The van der Waals surface area contributed by atoms with Crippen LogP contribution in [0.4, 0.5) is 0 Å². The van der Waals surface area contributed by atoms with Crippen molar-refractivity contribution in [3.63, 3.8) is 0 Å². The van der Waals surface area contributed by atoms with Crippen LogP contribution in [-0.2, 0) is 5.60 Å². The molecule has 2 aromatic heterocycles. The SMILES string of the molecule is OC(CCN1CCC(O)(c2cnc3ccccc3c2)CC1)Oc1cccc2occc12. The van der Waals surface area contributed by atoms with E-state index < -0.39 is 11.9 Å². The van der Waals surface area contributed by atoms with E-state index in [2.05, 4.69) is 9.88 Å². The number of hydrogen-bond donors (Lipinski definition) is 2. The van der Waals surface area contributed by atoms with Gasteiger partial charge in [0.2, 0.25) is 0 Å². The second kappa shape index (κ2) is 8.30. The predicted octanol–water partition coefficient (Wildman–Crippen LogP) is 4.05. The second-order valence-electron chi connectivity index (χ2n) is 8.24. The molecule has 1 aliphatic rings. The van der Waals surface area contributed by atoms with Crippen molar-refractivity contribution in [2.45, 2.75) is 31.2 Å². The van der Waals surface area contributed by atoms with Crippen molar-refractivity contribution in [3.05, 3.63) is 72.6 Å². The van der Waals surface area contributed by atoms with Crippen LogP contribution in [0.5, 0.6) is 5.75 Å². The molecule has 6 heteroatoms. The van der Waals surface area contributed by atoms with Gasteiger partial charge in [-0.3, -0.25) is 4.98 Å². The summed E-state index contributed by atoms with van der Waals surface area (Å²) in [4.78, 5) is 6.77. The number of pyridine rings is 1. The summed E-state index contributed by atoms with van der Waals surface area (Å²) in [6.07, 6.45) is 4.28. The lowest BCUT2D eigenvalue weighted by Gasteiger charge is -2.38. The Kier molecular flexibility index (Phi) is 5.36. The van der Waals surface area contributed by atoms with Crippen LogP contribution >= 0.6 is 0 Å². The molecule has 0 spiro atoms. The van der Waals surface area contributed by atoms with Crippen LogP contribution in [0.2, 0.25) is 0 Å². The first-order valence-corrected chi connectivity index (χ1v) is 10.7. The molecule has 3 heterocycles. The standard InChI is InChI=1S/C25H26N2O4/c28-24(31-23-7-3-6-22-20(23)9-15-30-22)8-12-27-13-10-25(29,11-14-27)19-16-18-4-1-2-5-21(18)26-17-19/h1-7,9,15-17,24,28-29H,8,10-14H2. The van der Waals surface area contributed by atoms with Crippen molar-refractivity contribution in [2.24, 2.45) is 0 Å². The lowest BCUT2D eigenvalue weighted by Crippen LogP contribution is -2.43. The topological polar surface area (TPSA) is 79.0 Å². The quantitative estimate of drug-likeness (QED) is 0.460. The maximum absolute atomic E-state index is 11.2. The number of nitrogens with zero attached hydrogens (tertiary/aromatic N) is 2. The first kappa shape index (κ1) is 20.0. The summed E-state index contributed by atoms with van der Waals surface area (Å²) in [5, 5.41) is 23.5. The van der Waals surface area contributed by atoms with Gasteiger partial charge in [0.15, 0.2) is 6.29 Å². The number of piperidine rings is 1. The van der Waals surface area contributed by atoms with E-state index in [4.69, 9.17) is 9.15 Å². The zero-order chi connectivity index (χ0) is 21.3. The minimum absolute atomic E-state index is 0.490. The molecule has 1 unspecified atom stereocenters. The molecule has 0 saturated carbocycles. The minimum Gasteiger partial charge on any atom is -0.464 e. The number of hydrogen-bond acceptors (Lipinski definition) is 6. The zero-order valence-electron chi connectivity index (χ0n) is 17.3. The fourth-order valence-corrected chi connectivity index (χ4v) is 4.33. The number of aromatic nitrogens is 1. The zero-order valence-corrected chi connectivity index (χ0v) is 17.3. The molecule has 1 atom stereocenters. The number of para-hydroxylation sites is 1. The van der Waals surface area contributed by atoms with Gasteiger partial charge in [0, 0.05) is 43.2 Å². The van der Waals surface area contributed by atoms with Gasteiger partial charge in [0.05, 0.1) is 22.8 Å². The van der Waals surface area contributed by atoms with Crippen molar-refractivity contribution in [1.29, 1.82) is 0 Å². The normalized spacial score (nSPS) is 17.7. The van der Waals surface area contributed by atoms with Gasteiger partial charge in [-0.15, -0.1) is 0 Å². The molecule has 2 aromatic carbocycles. The summed E-state index contributed by atoms with van der Waals surface area (Å²) in [5.74, 6) is 0.621. The van der Waals surface area contributed by atoms with Gasteiger partial charge >= 0.3 is 0 Å². The van der Waals surface area contributed by atoms with Gasteiger partial charge < -0.3 is 24.3 Å². The summed E-state index contributed by atoms with van der Waals surface area (Å²) >= 11 is 0. The van der Waals surface area contributed by atoms with Crippen molar-refractivity contribution < 1.29 is 19.4 Å². The van der Waals surface area contributed by atoms with Crippen molar-refractivity contribution in [2.75, 3.05) is 19.6 Å². The Balaban J connectivity index is 1.16. The average molecular weight is 418 g/mol. The maximum atomic E-state index is 11.2. The maximum Gasteiger partial charge on any atom is 0.198 e. The Hall–Kier alpha value is -2.93. The Morgan fingerprint density at radius 2 is 1.94 bits per heavy atom. The largest absolute Gasteiger partial charge is 0.464 e. The van der Waals surface area contributed by atoms with E-state index in [1.54, 1.807) is 12.5 Å². The third-order valence-electron chi connectivity index (χ3n) is 6.22. The van der Waals surface area contributed by atoms with Crippen LogP contribution in [0.3, 0.4) is 0 Å². The first-order chi connectivity index (χ1) is 15.1. The Morgan fingerprint density at radius 3 is 2.81 bits per heavy atom. The van der Waals surface area contributed by atoms with Gasteiger partial charge in [0.25, 0.3) is 0 Å². The summed E-state index contributed by atoms with van der Waals surface area (Å²) in [6, 6.07) is 17.4. The van der Waals surface area contributed by atoms with Gasteiger partial charge in [-0.05, 0) is 43.2 Å². The molecule has 1 saturated heterocycles. The van der Waals surface area contributed by atoms with Crippen LogP contribution in [0.25, 0.3) is 21.9 Å². The predicted molar refractivity (Wildman–Crippen MR) is 119 cm³/mol. The van der Waals surface area contributed by atoms with Gasteiger partial charge in [0.1, 0.15) is 11.3 Å². The molecule has 0 amide bonds. The highest BCUT2D eigenvalue weighted by Gasteiger charge is 2.34. The summed E-state index contributed by atoms with van der Waals surface area (Å²) in [6.45, 7) is 2.22. The fraction of sp³-hybridized carbons (Fsp3) is 0.320. The number of fused-ring (bicyclic) bond motifs is 2. The van der Waals surface area contributed by atoms with E-state index in [0.29, 0.717) is 31.6 Å². The van der Waals surface area contributed by atoms with Crippen LogP contribution in [-0.4, -0.2) is 46.0 Å². The van der Waals surface area contributed by atoms with E-state index in [1.807, 2.05) is 54.6 Å². The average Bonchev–Trinajstić information content (AvgIpc) is 3.28. The fourth-order valence-electron chi connectivity index (χ4n) is 4.33. The molecule has 31 heavy (non-hydrogen) atoms. The number of likely N-dealkylation sites (tertiary alicyclic amines) is 1. The molecule has 6 nitrogen and oxygen atoms in total. The highest BCUT2D eigenvalue weighted by atomic mass is 16.6. The molecule has 1 aliphatic heterocycles. The van der Waals surface area contributed by atoms with E-state index >= 15 is 0 Å². The number of aliphatic hydroxyl groups excluding tert-OH is 1. The van der Waals surface area contributed by atoms with Crippen molar-refractivity contribution in [3.8, 4) is 5.75 Å². The third kappa shape index (κ3) is 4.14. The molecule has 1 fully saturated rings. The van der Waals surface area contributed by atoms with E-state index in [1.165, 1.54) is 0 Å². The van der Waals surface area contributed by atoms with Crippen LogP contribution < -0.4 is 4.74 Å². The molecule has 2 N–H and O–H groups in total. The van der Waals surface area contributed by atoms with Gasteiger partial charge in [-0.2, -0.15) is 0 Å². The molecular weight excluding hydrogens is 392 g/mol. The van der Waals surface area contributed by atoms with Gasteiger partial charge in [-0.25, -0.2) is 0 Å². The molecule has 160 valence electrons. The number of rotatable bonds is 6. The van der Waals surface area contributed by atoms with Crippen LogP contribution in [0.1, 0.15) is 24.8 Å². The van der Waals surface area contributed by atoms with Crippen molar-refractivity contribution in [1.82, 2.24) is 9.88 Å². The Bertz CT molecular complexity index is 1180. The first-order valence-electron chi connectivity index (χ1n) is 10.7. The van der Waals surface area contributed by atoms with Crippen LogP contribution in [0, 0.1) is 0 Å². The number of furan rings is 1. The lowest BCUT2D eigenvalue weighted by molar-refractivity contribution is -0.0471. The Labute approximate surface area is 180 Å². The number of benzene rings is 2. The lowest BCUT2D eigenvalue weighted by atomic mass is 9.85. The van der Waals surface area contributed by atoms with Crippen LogP contribution in [0.15, 0.2) is 71.5 Å². The molecule has 0 bridgehead atoms. The monoisotopic (exact) mass is 418 g/mol. The third-order valence-corrected chi connectivity index (χ3v) is 6.22. The van der Waals surface area contributed by atoms with Gasteiger partial charge in [-0.1, -0.05) is 24.3 Å². The smallest absolute Gasteiger partial charge is 0.198 e. The summed E-state index contributed by atoms with van der Waals surface area (Å²) in [7, 11) is 0. The molecule has 0 radical (unpaired) electrons. The van der Waals surface area contributed by atoms with E-state index in [9.17, 15) is 10.2 Å². The highest BCUT2D eigenvalue weighted by Crippen LogP contribution is 2.34. The molecule has 4 aromatic rings. The van der Waals surface area contributed by atoms with E-state index in [-0.39, 0.29) is 0 Å².